The van der Waals surface area contributed by atoms with E-state index in [4.69, 9.17) is 5.11 Å². The maximum Gasteiger partial charge on any atom is 0.0599 e. The second kappa shape index (κ2) is 2.49. The lowest BCUT2D eigenvalue weighted by atomic mass is 10.1. The Balaban J connectivity index is 2.00. The van der Waals surface area contributed by atoms with Gasteiger partial charge in [0.25, 0.3) is 0 Å². The van der Waals surface area contributed by atoms with Gasteiger partial charge in [0.05, 0.1) is 6.61 Å². The van der Waals surface area contributed by atoms with Crippen LogP contribution in [0.25, 0.3) is 0 Å². The van der Waals surface area contributed by atoms with E-state index in [2.05, 4.69) is 10.6 Å². The van der Waals surface area contributed by atoms with Crippen LogP contribution in [-0.4, -0.2) is 36.4 Å². The van der Waals surface area contributed by atoms with Gasteiger partial charge >= 0.3 is 0 Å². The van der Waals surface area contributed by atoms with Crippen molar-refractivity contribution in [2.24, 2.45) is 0 Å². The number of piperazine rings is 1. The summed E-state index contributed by atoms with van der Waals surface area (Å²) < 4.78 is 0. The monoisotopic (exact) mass is 142 g/mol. The van der Waals surface area contributed by atoms with Crippen molar-refractivity contribution in [3.05, 3.63) is 0 Å². The zero-order valence-electron chi connectivity index (χ0n) is 6.01. The first kappa shape index (κ1) is 6.58. The normalized spacial score (nSPS) is 45.9. The van der Waals surface area contributed by atoms with E-state index in [0.717, 1.165) is 6.54 Å². The molecule has 0 aliphatic carbocycles. The Morgan fingerprint density at radius 1 is 1.40 bits per heavy atom. The van der Waals surface area contributed by atoms with Gasteiger partial charge in [-0.1, -0.05) is 0 Å². The Bertz CT molecular complexity index is 129. The second-order valence-corrected chi connectivity index (χ2v) is 3.24. The molecule has 0 saturated carbocycles. The standard InChI is InChI=1S/C7H14N2O/c10-4-7-6-2-1-5(9-6)3-8-7/h5-10H,1-4H2. The molecule has 2 rings (SSSR count). The van der Waals surface area contributed by atoms with E-state index in [-0.39, 0.29) is 6.61 Å². The Morgan fingerprint density at radius 2 is 2.30 bits per heavy atom. The molecule has 3 heteroatoms. The van der Waals surface area contributed by atoms with Gasteiger partial charge in [-0.25, -0.2) is 0 Å². The molecule has 0 aromatic heterocycles. The van der Waals surface area contributed by atoms with Gasteiger partial charge in [0.15, 0.2) is 0 Å². The van der Waals surface area contributed by atoms with Gasteiger partial charge in [-0.2, -0.15) is 0 Å². The van der Waals surface area contributed by atoms with E-state index >= 15 is 0 Å². The van der Waals surface area contributed by atoms with Gasteiger partial charge < -0.3 is 15.7 Å². The van der Waals surface area contributed by atoms with Crippen molar-refractivity contribution in [3.63, 3.8) is 0 Å². The summed E-state index contributed by atoms with van der Waals surface area (Å²) >= 11 is 0. The summed E-state index contributed by atoms with van der Waals surface area (Å²) in [6.45, 7) is 1.30. The van der Waals surface area contributed by atoms with Gasteiger partial charge in [0.2, 0.25) is 0 Å². The number of fused-ring (bicyclic) bond motifs is 2. The Labute approximate surface area is 60.8 Å². The molecule has 0 aromatic rings. The minimum atomic E-state index is 0.268. The van der Waals surface area contributed by atoms with Gasteiger partial charge in [0.1, 0.15) is 0 Å². The van der Waals surface area contributed by atoms with Gasteiger partial charge in [-0.05, 0) is 12.8 Å². The molecule has 3 nitrogen and oxygen atoms in total. The summed E-state index contributed by atoms with van der Waals surface area (Å²) in [6.07, 6.45) is 2.50. The van der Waals surface area contributed by atoms with Crippen LogP contribution in [0.4, 0.5) is 0 Å². The fraction of sp³-hybridized carbons (Fsp3) is 1.00. The molecule has 2 heterocycles. The Morgan fingerprint density at radius 3 is 3.10 bits per heavy atom. The fourth-order valence-corrected chi connectivity index (χ4v) is 1.96. The average Bonchev–Trinajstić information content (AvgIpc) is 2.34. The van der Waals surface area contributed by atoms with Crippen LogP contribution in [0.5, 0.6) is 0 Å². The molecular formula is C7H14N2O. The number of rotatable bonds is 1. The van der Waals surface area contributed by atoms with Crippen molar-refractivity contribution in [3.8, 4) is 0 Å². The molecule has 2 saturated heterocycles. The topological polar surface area (TPSA) is 44.3 Å². The molecule has 2 fully saturated rings. The number of nitrogens with one attached hydrogen (secondary N) is 2. The summed E-state index contributed by atoms with van der Waals surface area (Å²) in [5.41, 5.74) is 0. The third-order valence-electron chi connectivity index (χ3n) is 2.58. The van der Waals surface area contributed by atoms with Crippen LogP contribution in [0.2, 0.25) is 0 Å². The molecule has 3 N–H and O–H groups in total. The molecule has 0 radical (unpaired) electrons. The van der Waals surface area contributed by atoms with E-state index in [1.807, 2.05) is 0 Å². The zero-order chi connectivity index (χ0) is 6.97. The highest BCUT2D eigenvalue weighted by Gasteiger charge is 2.33. The van der Waals surface area contributed by atoms with Crippen molar-refractivity contribution in [1.29, 1.82) is 0 Å². The molecule has 2 aliphatic rings. The van der Waals surface area contributed by atoms with Crippen molar-refractivity contribution in [2.75, 3.05) is 13.2 Å². The Kier molecular flexibility index (Phi) is 1.64. The first-order valence-electron chi connectivity index (χ1n) is 4.00. The third kappa shape index (κ3) is 0.944. The van der Waals surface area contributed by atoms with E-state index in [1.165, 1.54) is 12.8 Å². The molecule has 2 aliphatic heterocycles. The lowest BCUT2D eigenvalue weighted by Crippen LogP contribution is -2.57. The first-order valence-corrected chi connectivity index (χ1v) is 4.00. The van der Waals surface area contributed by atoms with Gasteiger partial charge in [-0.15, -0.1) is 0 Å². The first-order chi connectivity index (χ1) is 4.90. The van der Waals surface area contributed by atoms with Crippen LogP contribution < -0.4 is 10.6 Å². The van der Waals surface area contributed by atoms with Crippen LogP contribution in [0.1, 0.15) is 12.8 Å². The molecular weight excluding hydrogens is 128 g/mol. The summed E-state index contributed by atoms with van der Waals surface area (Å²) in [5.74, 6) is 0. The van der Waals surface area contributed by atoms with Crippen LogP contribution in [0.15, 0.2) is 0 Å². The second-order valence-electron chi connectivity index (χ2n) is 3.24. The minimum Gasteiger partial charge on any atom is -0.395 e. The minimum absolute atomic E-state index is 0.268. The van der Waals surface area contributed by atoms with Crippen LogP contribution in [0, 0.1) is 0 Å². The smallest absolute Gasteiger partial charge is 0.0599 e. The van der Waals surface area contributed by atoms with E-state index in [1.54, 1.807) is 0 Å². The van der Waals surface area contributed by atoms with Crippen LogP contribution in [-0.2, 0) is 0 Å². The molecule has 2 bridgehead atoms. The summed E-state index contributed by atoms with van der Waals surface area (Å²) in [6, 6.07) is 1.51. The highest BCUT2D eigenvalue weighted by atomic mass is 16.3. The van der Waals surface area contributed by atoms with Gasteiger partial charge in [0, 0.05) is 24.7 Å². The summed E-state index contributed by atoms with van der Waals surface area (Å²) in [5, 5.41) is 15.7. The Hall–Kier alpha value is -0.120. The quantitative estimate of drug-likeness (QED) is 0.443. The molecule has 3 atom stereocenters. The fourth-order valence-electron chi connectivity index (χ4n) is 1.96. The molecule has 58 valence electrons. The highest BCUT2D eigenvalue weighted by molar-refractivity contribution is 4.97. The van der Waals surface area contributed by atoms with Crippen molar-refractivity contribution in [1.82, 2.24) is 10.6 Å². The van der Waals surface area contributed by atoms with E-state index < -0.39 is 0 Å². The maximum atomic E-state index is 8.91. The summed E-state index contributed by atoms with van der Waals surface area (Å²) in [4.78, 5) is 0. The van der Waals surface area contributed by atoms with E-state index in [0.29, 0.717) is 18.1 Å². The van der Waals surface area contributed by atoms with Crippen LogP contribution >= 0.6 is 0 Å². The molecule has 3 unspecified atom stereocenters. The van der Waals surface area contributed by atoms with Gasteiger partial charge in [-0.3, -0.25) is 0 Å². The lowest BCUT2D eigenvalue weighted by Gasteiger charge is -2.29. The largest absolute Gasteiger partial charge is 0.395 e. The van der Waals surface area contributed by atoms with Crippen molar-refractivity contribution < 1.29 is 5.11 Å². The molecule has 10 heavy (non-hydrogen) atoms. The number of hydrogen-bond donors (Lipinski definition) is 3. The number of hydrogen-bond acceptors (Lipinski definition) is 3. The zero-order valence-corrected chi connectivity index (χ0v) is 6.01. The average molecular weight is 142 g/mol. The van der Waals surface area contributed by atoms with Crippen molar-refractivity contribution >= 4 is 0 Å². The summed E-state index contributed by atoms with van der Waals surface area (Å²) in [7, 11) is 0. The molecule has 0 aromatic carbocycles. The third-order valence-corrected chi connectivity index (χ3v) is 2.58. The predicted octanol–water partition coefficient (Wildman–Crippen LogP) is -0.929. The molecule has 0 spiro atoms. The highest BCUT2D eigenvalue weighted by Crippen LogP contribution is 2.18. The maximum absolute atomic E-state index is 8.91. The number of aliphatic hydroxyl groups is 1. The van der Waals surface area contributed by atoms with Crippen LogP contribution in [0.3, 0.4) is 0 Å². The predicted molar refractivity (Wildman–Crippen MR) is 38.8 cm³/mol. The molecule has 0 amide bonds. The SMILES string of the molecule is OCC1NCC2CCC1N2. The van der Waals surface area contributed by atoms with E-state index in [9.17, 15) is 0 Å². The van der Waals surface area contributed by atoms with Crippen molar-refractivity contribution in [2.45, 2.75) is 31.0 Å². The lowest BCUT2D eigenvalue weighted by molar-refractivity contribution is 0.198. The number of aliphatic hydroxyl groups excluding tert-OH is 1.